The van der Waals surface area contributed by atoms with Crippen molar-refractivity contribution in [2.75, 3.05) is 11.0 Å². The number of carbonyl (C=O) groups is 1. The van der Waals surface area contributed by atoms with Crippen LogP contribution in [-0.4, -0.2) is 30.7 Å². The summed E-state index contributed by atoms with van der Waals surface area (Å²) in [6, 6.07) is 7.37. The summed E-state index contributed by atoms with van der Waals surface area (Å²) in [5, 5.41) is 8.94. The van der Waals surface area contributed by atoms with Crippen LogP contribution >= 0.6 is 0 Å². The molecular weight excluding hydrogens is 296 g/mol. The molecule has 0 unspecified atom stereocenters. The van der Waals surface area contributed by atoms with Gasteiger partial charge in [0.25, 0.3) is 5.56 Å². The van der Waals surface area contributed by atoms with Crippen LogP contribution in [0.3, 0.4) is 0 Å². The van der Waals surface area contributed by atoms with Gasteiger partial charge >= 0.3 is 5.97 Å². The zero-order valence-corrected chi connectivity index (χ0v) is 11.8. The van der Waals surface area contributed by atoms with Crippen molar-refractivity contribution in [1.82, 2.24) is 4.98 Å². The van der Waals surface area contributed by atoms with Crippen LogP contribution in [0.2, 0.25) is 0 Å². The minimum absolute atomic E-state index is 0.0638. The van der Waals surface area contributed by atoms with E-state index >= 15 is 0 Å². The topological polar surface area (TPSA) is 116 Å². The molecule has 0 saturated carbocycles. The molecule has 1 aromatic heterocycles. The maximum absolute atomic E-state index is 11.8. The number of pyridine rings is 1. The number of aromatic carboxylic acids is 1. The van der Waals surface area contributed by atoms with Crippen molar-refractivity contribution in [3.63, 3.8) is 0 Å². The van der Waals surface area contributed by atoms with E-state index < -0.39 is 21.6 Å². The van der Waals surface area contributed by atoms with Crippen molar-refractivity contribution in [2.24, 2.45) is 0 Å². The molecule has 7 nitrogen and oxygen atoms in total. The van der Waals surface area contributed by atoms with E-state index in [1.54, 1.807) is 12.1 Å². The van der Waals surface area contributed by atoms with Gasteiger partial charge in [-0.1, -0.05) is 12.1 Å². The Morgan fingerprint density at radius 2 is 2.00 bits per heavy atom. The Hall–Kier alpha value is -2.61. The van der Waals surface area contributed by atoms with E-state index in [2.05, 4.69) is 9.71 Å². The van der Waals surface area contributed by atoms with Gasteiger partial charge in [0, 0.05) is 17.4 Å². The number of H-pyrrole nitrogens is 1. The van der Waals surface area contributed by atoms with Crippen LogP contribution in [0.4, 0.5) is 5.69 Å². The Bertz CT molecular complexity index is 855. The van der Waals surface area contributed by atoms with Crippen molar-refractivity contribution in [1.29, 1.82) is 0 Å². The highest BCUT2D eigenvalue weighted by Gasteiger charge is 2.10. The number of carboxylic acid groups (broad SMARTS) is 1. The van der Waals surface area contributed by atoms with Gasteiger partial charge in [-0.25, -0.2) is 13.2 Å². The fourth-order valence-corrected chi connectivity index (χ4v) is 2.34. The monoisotopic (exact) mass is 308 g/mol. The molecule has 2 rings (SSSR count). The molecule has 0 radical (unpaired) electrons. The van der Waals surface area contributed by atoms with Crippen molar-refractivity contribution in [3.8, 4) is 11.1 Å². The number of rotatable bonds is 4. The fraction of sp³-hybridized carbons (Fsp3) is 0.0769. The first-order valence-corrected chi connectivity index (χ1v) is 7.70. The van der Waals surface area contributed by atoms with E-state index in [1.807, 2.05) is 0 Å². The van der Waals surface area contributed by atoms with Crippen molar-refractivity contribution in [2.45, 2.75) is 0 Å². The highest BCUT2D eigenvalue weighted by molar-refractivity contribution is 7.92. The quantitative estimate of drug-likeness (QED) is 0.782. The van der Waals surface area contributed by atoms with Crippen LogP contribution in [0.5, 0.6) is 0 Å². The molecule has 0 amide bonds. The molecule has 0 bridgehead atoms. The average Bonchev–Trinajstić information content (AvgIpc) is 2.37. The van der Waals surface area contributed by atoms with Gasteiger partial charge in [-0.05, 0) is 23.8 Å². The van der Waals surface area contributed by atoms with Crippen molar-refractivity contribution >= 4 is 21.7 Å². The predicted molar refractivity (Wildman–Crippen MR) is 77.9 cm³/mol. The van der Waals surface area contributed by atoms with E-state index in [4.69, 9.17) is 5.11 Å². The summed E-state index contributed by atoms with van der Waals surface area (Å²) < 4.78 is 24.7. The third-order valence-electron chi connectivity index (χ3n) is 2.63. The molecule has 0 fully saturated rings. The molecule has 1 heterocycles. The van der Waals surface area contributed by atoms with Gasteiger partial charge in [-0.2, -0.15) is 0 Å². The molecule has 2 aromatic rings. The Balaban J connectivity index is 2.52. The number of hydrogen-bond acceptors (Lipinski definition) is 4. The number of benzene rings is 1. The van der Waals surface area contributed by atoms with Gasteiger partial charge in [-0.15, -0.1) is 0 Å². The first-order valence-electron chi connectivity index (χ1n) is 5.80. The third-order valence-corrected chi connectivity index (χ3v) is 3.23. The highest BCUT2D eigenvalue weighted by atomic mass is 32.2. The summed E-state index contributed by atoms with van der Waals surface area (Å²) in [7, 11) is -3.44. The summed E-state index contributed by atoms with van der Waals surface area (Å²) >= 11 is 0. The van der Waals surface area contributed by atoms with Gasteiger partial charge in [-0.3, -0.25) is 9.52 Å². The van der Waals surface area contributed by atoms with Gasteiger partial charge in [0.15, 0.2) is 0 Å². The fourth-order valence-electron chi connectivity index (χ4n) is 1.79. The van der Waals surface area contributed by atoms with Crippen LogP contribution in [0.15, 0.2) is 41.3 Å². The minimum atomic E-state index is -3.44. The molecule has 0 atom stereocenters. The van der Waals surface area contributed by atoms with Crippen molar-refractivity contribution < 1.29 is 18.3 Å². The Morgan fingerprint density at radius 1 is 1.29 bits per heavy atom. The number of aromatic nitrogens is 1. The summed E-state index contributed by atoms with van der Waals surface area (Å²) in [4.78, 5) is 25.1. The second kappa shape index (κ2) is 5.41. The van der Waals surface area contributed by atoms with Gasteiger partial charge < -0.3 is 10.1 Å². The lowest BCUT2D eigenvalue weighted by Crippen LogP contribution is -2.12. The Kier molecular flexibility index (Phi) is 3.81. The van der Waals surface area contributed by atoms with Gasteiger partial charge in [0.2, 0.25) is 10.0 Å². The lowest BCUT2D eigenvalue weighted by atomic mass is 10.1. The van der Waals surface area contributed by atoms with Crippen LogP contribution in [0.1, 0.15) is 10.4 Å². The predicted octanol–water partition coefficient (Wildman–Crippen LogP) is 1.11. The number of sulfonamides is 1. The number of nitrogens with one attached hydrogen (secondary N) is 2. The lowest BCUT2D eigenvalue weighted by Gasteiger charge is -2.07. The SMILES string of the molecule is CS(=O)(=O)Nc1cccc(-c2cc(C(=O)O)c[nH]c2=O)c1. The zero-order valence-electron chi connectivity index (χ0n) is 11.0. The number of anilines is 1. The molecule has 0 aliphatic heterocycles. The Morgan fingerprint density at radius 3 is 2.62 bits per heavy atom. The molecule has 0 aliphatic rings. The first-order chi connectivity index (χ1) is 9.76. The maximum Gasteiger partial charge on any atom is 0.337 e. The minimum Gasteiger partial charge on any atom is -0.478 e. The Labute approximate surface area is 120 Å². The highest BCUT2D eigenvalue weighted by Crippen LogP contribution is 2.21. The smallest absolute Gasteiger partial charge is 0.337 e. The van der Waals surface area contributed by atoms with E-state index in [9.17, 15) is 18.0 Å². The molecule has 8 heteroatoms. The number of hydrogen-bond donors (Lipinski definition) is 3. The molecule has 0 aliphatic carbocycles. The molecular formula is C13H12N2O5S. The average molecular weight is 308 g/mol. The largest absolute Gasteiger partial charge is 0.478 e. The summed E-state index contributed by atoms with van der Waals surface area (Å²) in [5.74, 6) is -1.17. The van der Waals surface area contributed by atoms with Crippen LogP contribution in [-0.2, 0) is 10.0 Å². The van der Waals surface area contributed by atoms with E-state index in [1.165, 1.54) is 18.2 Å². The number of aromatic amines is 1. The van der Waals surface area contributed by atoms with Gasteiger partial charge in [0.1, 0.15) is 0 Å². The molecule has 3 N–H and O–H groups in total. The summed E-state index contributed by atoms with van der Waals surface area (Å²) in [6.07, 6.45) is 2.12. The molecule has 0 spiro atoms. The molecule has 110 valence electrons. The van der Waals surface area contributed by atoms with Crippen LogP contribution in [0.25, 0.3) is 11.1 Å². The third kappa shape index (κ3) is 3.69. The zero-order chi connectivity index (χ0) is 15.6. The van der Waals surface area contributed by atoms with E-state index in [-0.39, 0.29) is 16.8 Å². The molecule has 1 aromatic carbocycles. The van der Waals surface area contributed by atoms with Crippen molar-refractivity contribution in [3.05, 3.63) is 52.4 Å². The summed E-state index contributed by atoms with van der Waals surface area (Å²) in [6.45, 7) is 0. The second-order valence-corrected chi connectivity index (χ2v) is 6.14. The normalized spacial score (nSPS) is 11.1. The van der Waals surface area contributed by atoms with Crippen LogP contribution < -0.4 is 10.3 Å². The lowest BCUT2D eigenvalue weighted by molar-refractivity contribution is 0.0696. The molecule has 21 heavy (non-hydrogen) atoms. The second-order valence-electron chi connectivity index (χ2n) is 4.39. The number of carboxylic acids is 1. The molecule has 0 saturated heterocycles. The first kappa shape index (κ1) is 14.8. The maximum atomic E-state index is 11.8. The van der Waals surface area contributed by atoms with Gasteiger partial charge in [0.05, 0.1) is 11.8 Å². The van der Waals surface area contributed by atoms with E-state index in [0.29, 0.717) is 5.56 Å². The van der Waals surface area contributed by atoms with E-state index in [0.717, 1.165) is 12.5 Å². The standard InChI is InChI=1S/C13H12N2O5S/c1-21(19,20)15-10-4-2-3-8(5-10)11-6-9(13(17)18)7-14-12(11)16/h2-7,15H,1H3,(H,14,16)(H,17,18). The van der Waals surface area contributed by atoms with Crippen LogP contribution in [0, 0.1) is 0 Å². The summed E-state index contributed by atoms with van der Waals surface area (Å²) in [5.41, 5.74) is 0.317.